The zero-order chi connectivity index (χ0) is 23.3. The van der Waals surface area contributed by atoms with Crippen LogP contribution in [0.15, 0.2) is 109 Å². The SMILES string of the molecule is Cc1ccccc1/C=C(\CNc1ccccc1)c1cnc2ccccc2c1-c1ccccc1C. The smallest absolute Gasteiger partial charge is 0.0708 e. The third kappa shape index (κ3) is 4.49. The van der Waals surface area contributed by atoms with E-state index in [4.69, 9.17) is 4.98 Å². The van der Waals surface area contributed by atoms with Gasteiger partial charge in [0, 0.05) is 34.9 Å². The lowest BCUT2D eigenvalue weighted by molar-refractivity contribution is 1.31. The number of fused-ring (bicyclic) bond motifs is 1. The number of aryl methyl sites for hydroxylation is 2. The van der Waals surface area contributed by atoms with Gasteiger partial charge in [-0.25, -0.2) is 0 Å². The third-order valence-corrected chi connectivity index (χ3v) is 6.31. The van der Waals surface area contributed by atoms with Gasteiger partial charge in [0.25, 0.3) is 0 Å². The summed E-state index contributed by atoms with van der Waals surface area (Å²) in [7, 11) is 0. The summed E-state index contributed by atoms with van der Waals surface area (Å²) in [4.78, 5) is 4.87. The number of aromatic nitrogens is 1. The molecule has 0 saturated heterocycles. The fraction of sp³-hybridized carbons (Fsp3) is 0.0938. The first-order valence-electron chi connectivity index (χ1n) is 11.7. The van der Waals surface area contributed by atoms with Gasteiger partial charge in [0.05, 0.1) is 5.52 Å². The number of nitrogens with one attached hydrogen (secondary N) is 1. The first-order valence-corrected chi connectivity index (χ1v) is 11.7. The second-order valence-electron chi connectivity index (χ2n) is 8.62. The Morgan fingerprint density at radius 3 is 2.21 bits per heavy atom. The van der Waals surface area contributed by atoms with Crippen LogP contribution in [0.3, 0.4) is 0 Å². The number of para-hydroxylation sites is 2. The van der Waals surface area contributed by atoms with Gasteiger partial charge in [-0.05, 0) is 65.9 Å². The van der Waals surface area contributed by atoms with Gasteiger partial charge in [0.15, 0.2) is 0 Å². The highest BCUT2D eigenvalue weighted by Crippen LogP contribution is 2.37. The Kier molecular flexibility index (Phi) is 6.22. The Labute approximate surface area is 201 Å². The lowest BCUT2D eigenvalue weighted by atomic mass is 9.89. The van der Waals surface area contributed by atoms with E-state index in [0.29, 0.717) is 6.54 Å². The number of rotatable bonds is 6. The molecule has 0 amide bonds. The van der Waals surface area contributed by atoms with Crippen LogP contribution in [0.4, 0.5) is 5.69 Å². The Bertz CT molecular complexity index is 1470. The van der Waals surface area contributed by atoms with Gasteiger partial charge in [-0.15, -0.1) is 0 Å². The van der Waals surface area contributed by atoms with Crippen LogP contribution in [0.25, 0.3) is 33.7 Å². The molecule has 0 bridgehead atoms. The summed E-state index contributed by atoms with van der Waals surface area (Å²) in [6.07, 6.45) is 4.35. The highest BCUT2D eigenvalue weighted by atomic mass is 14.9. The Balaban J connectivity index is 1.73. The summed E-state index contributed by atoms with van der Waals surface area (Å²) in [6.45, 7) is 5.04. The summed E-state index contributed by atoms with van der Waals surface area (Å²) in [5.74, 6) is 0. The van der Waals surface area contributed by atoms with Crippen molar-refractivity contribution in [1.82, 2.24) is 4.98 Å². The molecule has 5 rings (SSSR count). The first-order chi connectivity index (χ1) is 16.7. The van der Waals surface area contributed by atoms with Gasteiger partial charge in [-0.2, -0.15) is 0 Å². The maximum Gasteiger partial charge on any atom is 0.0708 e. The maximum absolute atomic E-state index is 4.87. The number of pyridine rings is 1. The normalized spacial score (nSPS) is 11.5. The quantitative estimate of drug-likeness (QED) is 0.288. The minimum absolute atomic E-state index is 0.692. The monoisotopic (exact) mass is 440 g/mol. The molecule has 2 nitrogen and oxygen atoms in total. The highest BCUT2D eigenvalue weighted by molar-refractivity contribution is 6.03. The van der Waals surface area contributed by atoms with Gasteiger partial charge in [0.1, 0.15) is 0 Å². The molecule has 0 aliphatic carbocycles. The lowest BCUT2D eigenvalue weighted by Crippen LogP contribution is -2.06. The zero-order valence-electron chi connectivity index (χ0n) is 19.6. The molecule has 2 heteroatoms. The number of benzene rings is 4. The summed E-state index contributed by atoms with van der Waals surface area (Å²) < 4.78 is 0. The van der Waals surface area contributed by atoms with Crippen LogP contribution < -0.4 is 5.32 Å². The van der Waals surface area contributed by atoms with E-state index in [0.717, 1.165) is 16.8 Å². The molecule has 1 heterocycles. The third-order valence-electron chi connectivity index (χ3n) is 6.31. The largest absolute Gasteiger partial charge is 0.381 e. The van der Waals surface area contributed by atoms with Gasteiger partial charge in [0.2, 0.25) is 0 Å². The molecule has 166 valence electrons. The molecular formula is C32H28N2. The van der Waals surface area contributed by atoms with Crippen molar-refractivity contribution in [2.75, 3.05) is 11.9 Å². The predicted molar refractivity (Wildman–Crippen MR) is 146 cm³/mol. The van der Waals surface area contributed by atoms with Gasteiger partial charge >= 0.3 is 0 Å². The zero-order valence-corrected chi connectivity index (χ0v) is 19.6. The van der Waals surface area contributed by atoms with Crippen molar-refractivity contribution in [2.45, 2.75) is 13.8 Å². The minimum atomic E-state index is 0.692. The molecule has 0 unspecified atom stereocenters. The van der Waals surface area contributed by atoms with Crippen LogP contribution in [0.5, 0.6) is 0 Å². The van der Waals surface area contributed by atoms with E-state index >= 15 is 0 Å². The fourth-order valence-electron chi connectivity index (χ4n) is 4.44. The van der Waals surface area contributed by atoms with Gasteiger partial charge in [-0.1, -0.05) is 84.9 Å². The van der Waals surface area contributed by atoms with E-state index in [9.17, 15) is 0 Å². The molecule has 0 radical (unpaired) electrons. The molecule has 0 atom stereocenters. The average Bonchev–Trinajstić information content (AvgIpc) is 2.88. The van der Waals surface area contributed by atoms with Crippen LogP contribution in [0, 0.1) is 13.8 Å². The van der Waals surface area contributed by atoms with Crippen molar-refractivity contribution < 1.29 is 0 Å². The summed E-state index contributed by atoms with van der Waals surface area (Å²) in [5.41, 5.74) is 10.7. The van der Waals surface area contributed by atoms with E-state index in [2.05, 4.69) is 122 Å². The van der Waals surface area contributed by atoms with Crippen molar-refractivity contribution in [1.29, 1.82) is 0 Å². The van der Waals surface area contributed by atoms with E-state index in [1.807, 2.05) is 12.3 Å². The lowest BCUT2D eigenvalue weighted by Gasteiger charge is -2.19. The Morgan fingerprint density at radius 2 is 1.41 bits per heavy atom. The Morgan fingerprint density at radius 1 is 0.735 bits per heavy atom. The van der Waals surface area contributed by atoms with Crippen molar-refractivity contribution >= 4 is 28.2 Å². The van der Waals surface area contributed by atoms with E-state index in [1.165, 1.54) is 38.8 Å². The van der Waals surface area contributed by atoms with E-state index < -0.39 is 0 Å². The summed E-state index contributed by atoms with van der Waals surface area (Å²) >= 11 is 0. The van der Waals surface area contributed by atoms with Crippen LogP contribution in [0.2, 0.25) is 0 Å². The molecule has 34 heavy (non-hydrogen) atoms. The standard InChI is InChI=1S/C32H28N2/c1-23-12-6-8-14-25(23)20-26(21-33-27-15-4-3-5-16-27)30-22-34-31-19-11-10-18-29(31)32(30)28-17-9-7-13-24(28)2/h3-20,22,33H,21H2,1-2H3/b26-20+. The minimum Gasteiger partial charge on any atom is -0.381 e. The predicted octanol–water partition coefficient (Wildman–Crippen LogP) is 8.17. The van der Waals surface area contributed by atoms with Gasteiger partial charge in [-0.3, -0.25) is 4.98 Å². The van der Waals surface area contributed by atoms with Crippen molar-refractivity contribution in [3.8, 4) is 11.1 Å². The van der Waals surface area contributed by atoms with E-state index in [1.54, 1.807) is 0 Å². The van der Waals surface area contributed by atoms with Crippen LogP contribution in [-0.4, -0.2) is 11.5 Å². The topological polar surface area (TPSA) is 24.9 Å². The first kappa shape index (κ1) is 21.7. The second-order valence-corrected chi connectivity index (χ2v) is 8.62. The fourth-order valence-corrected chi connectivity index (χ4v) is 4.44. The molecule has 0 saturated carbocycles. The highest BCUT2D eigenvalue weighted by Gasteiger charge is 2.16. The molecule has 4 aromatic carbocycles. The molecule has 0 spiro atoms. The van der Waals surface area contributed by atoms with Crippen LogP contribution >= 0.6 is 0 Å². The molecule has 0 fully saturated rings. The van der Waals surface area contributed by atoms with Crippen LogP contribution in [0.1, 0.15) is 22.3 Å². The van der Waals surface area contributed by atoms with Crippen molar-refractivity contribution in [3.63, 3.8) is 0 Å². The summed E-state index contributed by atoms with van der Waals surface area (Å²) in [5, 5.41) is 4.80. The Hall–Kier alpha value is -4.17. The van der Waals surface area contributed by atoms with Crippen LogP contribution in [-0.2, 0) is 0 Å². The molecule has 0 aliphatic heterocycles. The molecule has 1 aromatic heterocycles. The second kappa shape index (κ2) is 9.76. The molecular weight excluding hydrogens is 412 g/mol. The summed E-state index contributed by atoms with van der Waals surface area (Å²) in [6, 6.07) is 35.9. The molecule has 0 aliphatic rings. The van der Waals surface area contributed by atoms with Gasteiger partial charge < -0.3 is 5.32 Å². The van der Waals surface area contributed by atoms with E-state index in [-0.39, 0.29) is 0 Å². The maximum atomic E-state index is 4.87. The number of hydrogen-bond acceptors (Lipinski definition) is 2. The van der Waals surface area contributed by atoms with Crippen molar-refractivity contribution in [3.05, 3.63) is 132 Å². The molecule has 5 aromatic rings. The number of hydrogen-bond donors (Lipinski definition) is 1. The van der Waals surface area contributed by atoms with Crippen molar-refractivity contribution in [2.24, 2.45) is 0 Å². The average molecular weight is 441 g/mol. The number of nitrogens with zero attached hydrogens (tertiary/aromatic N) is 1. The molecule has 1 N–H and O–H groups in total. The number of anilines is 1.